The van der Waals surface area contributed by atoms with Gasteiger partial charge in [0.05, 0.1) is 0 Å². The Hall–Kier alpha value is -1.99. The van der Waals surface area contributed by atoms with Crippen LogP contribution in [-0.2, 0) is 4.57 Å². The molecule has 2 aromatic carbocycles. The zero-order valence-electron chi connectivity index (χ0n) is 13.2. The van der Waals surface area contributed by atoms with Crippen molar-refractivity contribution >= 4 is 19.5 Å². The highest BCUT2D eigenvalue weighted by atomic mass is 31.1. The normalized spacial score (nSPS) is 12.2. The van der Waals surface area contributed by atoms with Crippen molar-refractivity contribution in [2.75, 3.05) is 0 Å². The van der Waals surface area contributed by atoms with Gasteiger partial charge in [0.1, 0.15) is 5.75 Å². The summed E-state index contributed by atoms with van der Waals surface area (Å²) in [4.78, 5) is 12.6. The molecule has 1 unspecified atom stereocenters. The lowest BCUT2D eigenvalue weighted by atomic mass is 9.94. The van der Waals surface area contributed by atoms with Crippen molar-refractivity contribution in [1.29, 1.82) is 0 Å². The van der Waals surface area contributed by atoms with Gasteiger partial charge in [-0.2, -0.15) is 0 Å². The molecule has 0 saturated carbocycles. The van der Waals surface area contributed by atoms with Crippen molar-refractivity contribution in [2.45, 2.75) is 33.8 Å². The Labute approximate surface area is 132 Å². The summed E-state index contributed by atoms with van der Waals surface area (Å²) in [6.07, 6.45) is -0.573. The van der Waals surface area contributed by atoms with E-state index >= 15 is 0 Å². The molecule has 0 amide bonds. The van der Waals surface area contributed by atoms with E-state index in [0.29, 0.717) is 11.1 Å². The number of rotatable bonds is 5. The summed E-state index contributed by atoms with van der Waals surface area (Å²) in [5, 5.41) is 0.677. The molecule has 0 spiro atoms. The molecule has 22 heavy (non-hydrogen) atoms. The zero-order valence-corrected chi connectivity index (χ0v) is 14.1. The van der Waals surface area contributed by atoms with Crippen molar-refractivity contribution in [3.05, 3.63) is 58.7 Å². The molecule has 114 valence electrons. The average Bonchev–Trinajstić information content (AvgIpc) is 2.46. The maximum Gasteiger partial charge on any atom is 0.203 e. The summed E-state index contributed by atoms with van der Waals surface area (Å²) < 4.78 is 16.5. The van der Waals surface area contributed by atoms with Gasteiger partial charge in [0.15, 0.2) is 14.6 Å². The first-order valence-electron chi connectivity index (χ1n) is 7.14. The highest BCUT2D eigenvalue weighted by molar-refractivity contribution is 7.34. The Morgan fingerprint density at radius 2 is 1.59 bits per heavy atom. The number of carbonyl (C=O) groups is 1. The highest BCUT2D eigenvalue weighted by Crippen LogP contribution is 2.20. The Morgan fingerprint density at radius 1 is 1.05 bits per heavy atom. The van der Waals surface area contributed by atoms with Crippen LogP contribution in [-0.4, -0.2) is 11.9 Å². The molecule has 0 saturated heterocycles. The molecule has 0 fully saturated rings. The lowest BCUT2D eigenvalue weighted by molar-refractivity contribution is 0.0817. The summed E-state index contributed by atoms with van der Waals surface area (Å²) >= 11 is 0. The third-order valence-electron chi connectivity index (χ3n) is 3.55. The topological polar surface area (TPSA) is 43.4 Å². The third-order valence-corrected chi connectivity index (χ3v) is 4.06. The standard InChI is InChI=1S/C18H19O3P/c1-11-9-12(2)17(13(3)10-11)18(19)14(4)21-15-5-7-16(22-20)8-6-15/h5-10,14H,1-4H3. The maximum atomic E-state index is 12.6. The molecular formula is C18H19O3P. The fourth-order valence-electron chi connectivity index (χ4n) is 2.62. The molecule has 0 aliphatic rings. The molecule has 0 radical (unpaired) electrons. The van der Waals surface area contributed by atoms with Gasteiger partial charge in [0, 0.05) is 10.9 Å². The number of ketones is 1. The predicted octanol–water partition coefficient (Wildman–Crippen LogP) is 4.18. The van der Waals surface area contributed by atoms with Crippen LogP contribution in [0.2, 0.25) is 0 Å². The first kappa shape index (κ1) is 16.4. The molecule has 0 aliphatic heterocycles. The maximum absolute atomic E-state index is 12.6. The van der Waals surface area contributed by atoms with Crippen molar-refractivity contribution in [3.8, 4) is 5.75 Å². The SMILES string of the molecule is Cc1cc(C)c(C(=O)C(C)Oc2ccc(P=O)cc2)c(C)c1. The van der Waals surface area contributed by atoms with Gasteiger partial charge in [-0.1, -0.05) is 17.7 Å². The largest absolute Gasteiger partial charge is 0.483 e. The van der Waals surface area contributed by atoms with Gasteiger partial charge < -0.3 is 4.74 Å². The van der Waals surface area contributed by atoms with Crippen molar-refractivity contribution in [1.82, 2.24) is 0 Å². The Bertz CT molecular complexity index is 682. The van der Waals surface area contributed by atoms with E-state index in [0.717, 1.165) is 22.3 Å². The Balaban J connectivity index is 2.20. The molecule has 0 bridgehead atoms. The fourth-order valence-corrected chi connectivity index (χ4v) is 2.89. The summed E-state index contributed by atoms with van der Waals surface area (Å²) in [6, 6.07) is 10.9. The lowest BCUT2D eigenvalue weighted by Gasteiger charge is -2.17. The second kappa shape index (κ2) is 6.85. The molecule has 4 heteroatoms. The third kappa shape index (κ3) is 3.61. The number of Topliss-reactive ketones (excluding diaryl/α,β-unsaturated/α-hetero) is 1. The number of benzene rings is 2. The van der Waals surface area contributed by atoms with Crippen molar-refractivity contribution in [2.24, 2.45) is 0 Å². The summed E-state index contributed by atoms with van der Waals surface area (Å²) in [5.41, 5.74) is 3.82. The molecule has 2 aromatic rings. The van der Waals surface area contributed by atoms with E-state index in [1.54, 1.807) is 31.2 Å². The average molecular weight is 314 g/mol. The second-order valence-electron chi connectivity index (χ2n) is 5.48. The van der Waals surface area contributed by atoms with Crippen LogP contribution in [0.3, 0.4) is 0 Å². The molecular weight excluding hydrogens is 295 g/mol. The number of carbonyl (C=O) groups excluding carboxylic acids is 1. The molecule has 3 nitrogen and oxygen atoms in total. The van der Waals surface area contributed by atoms with E-state index in [4.69, 9.17) is 4.74 Å². The monoisotopic (exact) mass is 314 g/mol. The summed E-state index contributed by atoms with van der Waals surface area (Å²) in [6.45, 7) is 7.66. The van der Waals surface area contributed by atoms with Gasteiger partial charge in [-0.05, 0) is 63.1 Å². The van der Waals surface area contributed by atoms with Crippen LogP contribution in [0.1, 0.15) is 34.0 Å². The lowest BCUT2D eigenvalue weighted by Crippen LogP contribution is -2.25. The first-order chi connectivity index (χ1) is 10.4. The van der Waals surface area contributed by atoms with Gasteiger partial charge >= 0.3 is 0 Å². The number of hydrogen-bond donors (Lipinski definition) is 0. The van der Waals surface area contributed by atoms with Gasteiger partial charge in [0.2, 0.25) is 5.78 Å². The van der Waals surface area contributed by atoms with Gasteiger partial charge in [-0.25, -0.2) is 0 Å². The Morgan fingerprint density at radius 3 is 2.09 bits per heavy atom. The zero-order chi connectivity index (χ0) is 16.3. The van der Waals surface area contributed by atoms with Crippen molar-refractivity contribution < 1.29 is 14.1 Å². The van der Waals surface area contributed by atoms with Crippen LogP contribution in [0.25, 0.3) is 0 Å². The van der Waals surface area contributed by atoms with E-state index < -0.39 is 6.10 Å². The van der Waals surface area contributed by atoms with Crippen molar-refractivity contribution in [3.63, 3.8) is 0 Å². The minimum atomic E-state index is -0.573. The van der Waals surface area contributed by atoms with Gasteiger partial charge in [-0.3, -0.25) is 9.36 Å². The van der Waals surface area contributed by atoms with Gasteiger partial charge in [-0.15, -0.1) is 0 Å². The van der Waals surface area contributed by atoms with E-state index in [9.17, 15) is 9.36 Å². The molecule has 1 atom stereocenters. The summed E-state index contributed by atoms with van der Waals surface area (Å²) in [5.74, 6) is 0.566. The van der Waals surface area contributed by atoms with Crippen LogP contribution in [0.5, 0.6) is 5.75 Å². The van der Waals surface area contributed by atoms with E-state index in [-0.39, 0.29) is 14.2 Å². The van der Waals surface area contributed by atoms with Crippen LogP contribution >= 0.6 is 8.46 Å². The van der Waals surface area contributed by atoms with Crippen LogP contribution in [0, 0.1) is 20.8 Å². The Kier molecular flexibility index (Phi) is 5.10. The van der Waals surface area contributed by atoms with Crippen LogP contribution in [0.15, 0.2) is 36.4 Å². The van der Waals surface area contributed by atoms with E-state index in [1.165, 1.54) is 0 Å². The molecule has 0 aromatic heterocycles. The quantitative estimate of drug-likeness (QED) is 0.614. The predicted molar refractivity (Wildman–Crippen MR) is 88.8 cm³/mol. The smallest absolute Gasteiger partial charge is 0.203 e. The minimum absolute atomic E-state index is 0.0249. The molecule has 2 rings (SSSR count). The second-order valence-corrected chi connectivity index (χ2v) is 6.18. The molecule has 0 heterocycles. The first-order valence-corrected chi connectivity index (χ1v) is 7.95. The number of aryl methyl sites for hydroxylation is 3. The van der Waals surface area contributed by atoms with Crippen LogP contribution < -0.4 is 10.0 Å². The number of hydrogen-bond acceptors (Lipinski definition) is 3. The van der Waals surface area contributed by atoms with Crippen LogP contribution in [0.4, 0.5) is 0 Å². The fraction of sp³-hybridized carbons (Fsp3) is 0.278. The molecule has 0 N–H and O–H groups in total. The minimum Gasteiger partial charge on any atom is -0.483 e. The van der Waals surface area contributed by atoms with Gasteiger partial charge in [0.25, 0.3) is 0 Å². The van der Waals surface area contributed by atoms with E-state index in [2.05, 4.69) is 0 Å². The molecule has 0 aliphatic carbocycles. The number of ether oxygens (including phenoxy) is 1. The summed E-state index contributed by atoms with van der Waals surface area (Å²) in [7, 11) is -0.0249. The van der Waals surface area contributed by atoms with E-state index in [1.807, 2.05) is 32.9 Å². The highest BCUT2D eigenvalue weighted by Gasteiger charge is 2.21.